The maximum Gasteiger partial charge on any atom is 0.328 e. The number of ether oxygens (including phenoxy) is 2. The van der Waals surface area contributed by atoms with E-state index in [0.29, 0.717) is 11.1 Å². The molecule has 1 heterocycles. The normalized spacial score (nSPS) is 12.1. The second kappa shape index (κ2) is 12.9. The van der Waals surface area contributed by atoms with Crippen LogP contribution in [0, 0.1) is 0 Å². The van der Waals surface area contributed by atoms with Gasteiger partial charge in [0, 0.05) is 12.8 Å². The largest absolute Gasteiger partial charge is 0.508 e. The Morgan fingerprint density at radius 2 is 1.05 bits per heavy atom. The van der Waals surface area contributed by atoms with Gasteiger partial charge in [0.25, 0.3) is 11.8 Å². The molecule has 3 rings (SSSR count). The lowest BCUT2D eigenvalue weighted by Crippen LogP contribution is -2.44. The van der Waals surface area contributed by atoms with Gasteiger partial charge in [0.05, 0.1) is 14.2 Å². The number of rotatable bonds is 10. The van der Waals surface area contributed by atoms with E-state index in [4.69, 9.17) is 9.47 Å². The van der Waals surface area contributed by atoms with Crippen LogP contribution >= 0.6 is 0 Å². The molecule has 198 valence electrons. The molecule has 38 heavy (non-hydrogen) atoms. The molecule has 1 aromatic heterocycles. The van der Waals surface area contributed by atoms with Crippen LogP contribution in [0.2, 0.25) is 0 Å². The molecular formula is C27H27N3O8. The number of esters is 2. The van der Waals surface area contributed by atoms with Gasteiger partial charge in [0.1, 0.15) is 35.0 Å². The van der Waals surface area contributed by atoms with E-state index in [0.717, 1.165) is 0 Å². The van der Waals surface area contributed by atoms with Gasteiger partial charge in [-0.25, -0.2) is 14.6 Å². The number of pyridine rings is 1. The summed E-state index contributed by atoms with van der Waals surface area (Å²) >= 11 is 0. The Kier molecular flexibility index (Phi) is 9.36. The van der Waals surface area contributed by atoms with Crippen LogP contribution in [-0.4, -0.2) is 65.3 Å². The molecule has 0 unspecified atom stereocenters. The van der Waals surface area contributed by atoms with Crippen molar-refractivity contribution >= 4 is 23.8 Å². The fraction of sp³-hybridized carbons (Fsp3) is 0.222. The van der Waals surface area contributed by atoms with E-state index in [1.165, 1.54) is 56.7 Å². The first kappa shape index (κ1) is 27.7. The van der Waals surface area contributed by atoms with Crippen molar-refractivity contribution in [1.29, 1.82) is 0 Å². The molecule has 0 aliphatic heterocycles. The zero-order valence-corrected chi connectivity index (χ0v) is 20.7. The standard InChI is InChI=1S/C27H27N3O8/c1-37-26(35)22(14-16-6-10-18(31)11-7-16)29-24(33)20-4-3-5-21(28-20)25(34)30-23(27(36)38-2)15-17-8-12-19(32)13-9-17/h3-13,22-23,31-32H,14-15H2,1-2H3,(H,29,33)(H,30,34)/t22-,23-/m0/s1. The number of methoxy groups -OCH3 is 2. The molecule has 0 saturated carbocycles. The Bertz CT molecular complexity index is 1200. The molecule has 0 spiro atoms. The number of phenolic OH excluding ortho intramolecular Hbond substituents is 2. The fourth-order valence-corrected chi connectivity index (χ4v) is 3.56. The molecule has 2 atom stereocenters. The van der Waals surface area contributed by atoms with Gasteiger partial charge in [0.15, 0.2) is 0 Å². The average Bonchev–Trinajstić information content (AvgIpc) is 2.93. The Labute approximate surface area is 218 Å². The summed E-state index contributed by atoms with van der Waals surface area (Å²) in [6, 6.07) is 14.3. The Hall–Kier alpha value is -4.93. The molecule has 3 aromatic rings. The molecule has 0 fully saturated rings. The van der Waals surface area contributed by atoms with Crippen LogP contribution in [0.3, 0.4) is 0 Å². The number of carbonyl (C=O) groups excluding carboxylic acids is 4. The fourth-order valence-electron chi connectivity index (χ4n) is 3.56. The molecule has 4 N–H and O–H groups in total. The highest BCUT2D eigenvalue weighted by Gasteiger charge is 2.26. The van der Waals surface area contributed by atoms with E-state index in [1.807, 2.05) is 0 Å². The van der Waals surface area contributed by atoms with Crippen molar-refractivity contribution < 1.29 is 38.9 Å². The predicted molar refractivity (Wildman–Crippen MR) is 134 cm³/mol. The van der Waals surface area contributed by atoms with Crippen LogP contribution in [0.15, 0.2) is 66.7 Å². The summed E-state index contributed by atoms with van der Waals surface area (Å²) < 4.78 is 9.59. The lowest BCUT2D eigenvalue weighted by atomic mass is 10.1. The van der Waals surface area contributed by atoms with Crippen LogP contribution in [0.5, 0.6) is 11.5 Å². The van der Waals surface area contributed by atoms with E-state index in [-0.39, 0.29) is 35.7 Å². The third kappa shape index (κ3) is 7.53. The highest BCUT2D eigenvalue weighted by atomic mass is 16.5. The number of benzene rings is 2. The number of carbonyl (C=O) groups is 4. The van der Waals surface area contributed by atoms with Crippen LogP contribution in [0.1, 0.15) is 32.1 Å². The van der Waals surface area contributed by atoms with Gasteiger partial charge in [-0.05, 0) is 47.5 Å². The molecule has 0 saturated heterocycles. The summed E-state index contributed by atoms with van der Waals surface area (Å²) in [4.78, 5) is 54.4. The summed E-state index contributed by atoms with van der Waals surface area (Å²) in [5, 5.41) is 24.0. The van der Waals surface area contributed by atoms with Crippen LogP contribution in [-0.2, 0) is 31.9 Å². The van der Waals surface area contributed by atoms with Crippen molar-refractivity contribution in [3.8, 4) is 11.5 Å². The predicted octanol–water partition coefficient (Wildman–Crippen LogP) is 1.52. The van der Waals surface area contributed by atoms with Gasteiger partial charge in [-0.2, -0.15) is 0 Å². The summed E-state index contributed by atoms with van der Waals surface area (Å²) in [6.45, 7) is 0. The molecular weight excluding hydrogens is 494 g/mol. The Balaban J connectivity index is 1.73. The molecule has 2 aromatic carbocycles. The van der Waals surface area contributed by atoms with Gasteiger partial charge in [-0.3, -0.25) is 9.59 Å². The van der Waals surface area contributed by atoms with Crippen molar-refractivity contribution in [1.82, 2.24) is 15.6 Å². The van der Waals surface area contributed by atoms with Crippen LogP contribution in [0.4, 0.5) is 0 Å². The summed E-state index contributed by atoms with van der Waals surface area (Å²) in [5.41, 5.74) is 1.07. The van der Waals surface area contributed by atoms with Crippen LogP contribution in [0.25, 0.3) is 0 Å². The zero-order valence-electron chi connectivity index (χ0n) is 20.7. The van der Waals surface area contributed by atoms with E-state index < -0.39 is 35.8 Å². The van der Waals surface area contributed by atoms with Crippen molar-refractivity contribution in [2.24, 2.45) is 0 Å². The number of nitrogens with one attached hydrogen (secondary N) is 2. The van der Waals surface area contributed by atoms with Gasteiger partial charge in [0.2, 0.25) is 0 Å². The highest BCUT2D eigenvalue weighted by molar-refractivity contribution is 5.98. The number of aromatic hydroxyl groups is 2. The first-order valence-electron chi connectivity index (χ1n) is 11.5. The quantitative estimate of drug-likeness (QED) is 0.290. The Morgan fingerprint density at radius 3 is 1.39 bits per heavy atom. The van der Waals surface area contributed by atoms with Gasteiger partial charge in [-0.1, -0.05) is 30.3 Å². The lowest BCUT2D eigenvalue weighted by Gasteiger charge is -2.18. The molecule has 2 amide bonds. The van der Waals surface area contributed by atoms with Crippen molar-refractivity contribution in [2.75, 3.05) is 14.2 Å². The van der Waals surface area contributed by atoms with E-state index >= 15 is 0 Å². The smallest absolute Gasteiger partial charge is 0.328 e. The van der Waals surface area contributed by atoms with Gasteiger partial charge < -0.3 is 30.3 Å². The van der Waals surface area contributed by atoms with Crippen molar-refractivity contribution in [3.63, 3.8) is 0 Å². The number of amides is 2. The lowest BCUT2D eigenvalue weighted by molar-refractivity contribution is -0.143. The van der Waals surface area contributed by atoms with E-state index in [9.17, 15) is 29.4 Å². The number of hydrogen-bond donors (Lipinski definition) is 4. The summed E-state index contributed by atoms with van der Waals surface area (Å²) in [5.74, 6) is -2.69. The molecule has 0 aliphatic rings. The number of nitrogens with zero attached hydrogens (tertiary/aromatic N) is 1. The molecule has 0 bridgehead atoms. The second-order valence-electron chi connectivity index (χ2n) is 8.25. The summed E-state index contributed by atoms with van der Waals surface area (Å²) in [7, 11) is 2.38. The summed E-state index contributed by atoms with van der Waals surface area (Å²) in [6.07, 6.45) is 0.188. The van der Waals surface area contributed by atoms with Crippen molar-refractivity contribution in [3.05, 3.63) is 89.2 Å². The average molecular weight is 522 g/mol. The van der Waals surface area contributed by atoms with Gasteiger partial charge in [-0.15, -0.1) is 0 Å². The van der Waals surface area contributed by atoms with Gasteiger partial charge >= 0.3 is 11.9 Å². The topological polar surface area (TPSA) is 164 Å². The molecule has 0 aliphatic carbocycles. The molecule has 11 nitrogen and oxygen atoms in total. The molecule has 11 heteroatoms. The number of phenols is 2. The Morgan fingerprint density at radius 1 is 0.684 bits per heavy atom. The minimum atomic E-state index is -1.05. The van der Waals surface area contributed by atoms with Crippen LogP contribution < -0.4 is 10.6 Å². The third-order valence-electron chi connectivity index (χ3n) is 5.55. The zero-order chi connectivity index (χ0) is 27.7. The minimum absolute atomic E-state index is 0.0594. The number of hydrogen-bond acceptors (Lipinski definition) is 9. The molecule has 0 radical (unpaired) electrons. The first-order valence-corrected chi connectivity index (χ1v) is 11.5. The second-order valence-corrected chi connectivity index (χ2v) is 8.25. The van der Waals surface area contributed by atoms with E-state index in [2.05, 4.69) is 15.6 Å². The maximum absolute atomic E-state index is 12.9. The number of aromatic nitrogens is 1. The van der Waals surface area contributed by atoms with E-state index in [1.54, 1.807) is 24.3 Å². The monoisotopic (exact) mass is 521 g/mol. The van der Waals surface area contributed by atoms with Crippen molar-refractivity contribution in [2.45, 2.75) is 24.9 Å². The highest BCUT2D eigenvalue weighted by Crippen LogP contribution is 2.14. The minimum Gasteiger partial charge on any atom is -0.508 e. The SMILES string of the molecule is COC(=O)[C@H](Cc1ccc(O)cc1)NC(=O)c1cccc(C(=O)N[C@@H](Cc2ccc(O)cc2)C(=O)OC)n1. The third-order valence-corrected chi connectivity index (χ3v) is 5.55. The maximum atomic E-state index is 12.9. The first-order chi connectivity index (χ1) is 18.2.